The molecule has 0 amide bonds. The SMILES string of the molecule is Nc1nc(F)nc2c1ncn2C1OC(COC(=O)c2ccccc2)C(OC(=O)c2ccccc2)C1OC(=O)c1ccccc1. The lowest BCUT2D eigenvalue weighted by molar-refractivity contribution is -0.0606. The zero-order chi connectivity index (χ0) is 30.6. The number of halogens is 1. The van der Waals surface area contributed by atoms with Crippen LogP contribution in [0.4, 0.5) is 10.2 Å². The van der Waals surface area contributed by atoms with Gasteiger partial charge >= 0.3 is 24.0 Å². The van der Waals surface area contributed by atoms with Crippen molar-refractivity contribution in [2.75, 3.05) is 12.3 Å². The molecule has 13 heteroatoms. The van der Waals surface area contributed by atoms with Gasteiger partial charge in [-0.1, -0.05) is 54.6 Å². The molecule has 0 radical (unpaired) electrons. The number of hydrogen-bond acceptors (Lipinski definition) is 11. The lowest BCUT2D eigenvalue weighted by Gasteiger charge is -2.25. The third-order valence-corrected chi connectivity index (χ3v) is 6.87. The molecule has 0 saturated carbocycles. The number of ether oxygens (including phenoxy) is 4. The van der Waals surface area contributed by atoms with Gasteiger partial charge in [0, 0.05) is 0 Å². The van der Waals surface area contributed by atoms with Crippen LogP contribution in [0.2, 0.25) is 0 Å². The van der Waals surface area contributed by atoms with E-state index in [4.69, 9.17) is 24.7 Å². The Kier molecular flexibility index (Phi) is 7.93. The zero-order valence-corrected chi connectivity index (χ0v) is 22.9. The van der Waals surface area contributed by atoms with E-state index in [0.717, 1.165) is 0 Å². The van der Waals surface area contributed by atoms with Crippen molar-refractivity contribution in [2.24, 2.45) is 0 Å². The predicted octanol–water partition coefficient (Wildman–Crippen LogP) is 3.75. The van der Waals surface area contributed by atoms with E-state index in [2.05, 4.69) is 15.0 Å². The number of anilines is 1. The first-order valence-electron chi connectivity index (χ1n) is 13.4. The van der Waals surface area contributed by atoms with Gasteiger partial charge in [0.1, 0.15) is 12.7 Å². The van der Waals surface area contributed by atoms with Gasteiger partial charge in [0.15, 0.2) is 35.4 Å². The Morgan fingerprint density at radius 2 is 1.30 bits per heavy atom. The van der Waals surface area contributed by atoms with Crippen LogP contribution in [0.1, 0.15) is 37.3 Å². The number of hydrogen-bond donors (Lipinski definition) is 1. The molecule has 1 saturated heterocycles. The van der Waals surface area contributed by atoms with Crippen LogP contribution >= 0.6 is 0 Å². The van der Waals surface area contributed by atoms with Gasteiger partial charge in [0.2, 0.25) is 0 Å². The summed E-state index contributed by atoms with van der Waals surface area (Å²) in [6.07, 6.45) is -4.91. The second-order valence-corrected chi connectivity index (χ2v) is 9.70. The predicted molar refractivity (Wildman–Crippen MR) is 152 cm³/mol. The summed E-state index contributed by atoms with van der Waals surface area (Å²) in [6, 6.07) is 24.6. The molecule has 4 atom stereocenters. The topological polar surface area (TPSA) is 158 Å². The van der Waals surface area contributed by atoms with Crippen LogP contribution in [-0.2, 0) is 18.9 Å². The Labute approximate surface area is 249 Å². The van der Waals surface area contributed by atoms with Crippen molar-refractivity contribution in [2.45, 2.75) is 24.5 Å². The van der Waals surface area contributed by atoms with Crippen LogP contribution < -0.4 is 5.73 Å². The summed E-state index contributed by atoms with van der Waals surface area (Å²) in [7, 11) is 0. The molecular formula is C31H24FN5O7. The number of fused-ring (bicyclic) bond motifs is 1. The van der Waals surface area contributed by atoms with Crippen LogP contribution in [0.5, 0.6) is 0 Å². The molecule has 1 aliphatic rings. The summed E-state index contributed by atoms with van der Waals surface area (Å²) >= 11 is 0. The van der Waals surface area contributed by atoms with Crippen LogP contribution in [-0.4, -0.2) is 62.3 Å². The molecule has 3 heterocycles. The number of carbonyl (C=O) groups excluding carboxylic acids is 3. The second-order valence-electron chi connectivity index (χ2n) is 9.70. The summed E-state index contributed by atoms with van der Waals surface area (Å²) in [6.45, 7) is -0.394. The molecule has 44 heavy (non-hydrogen) atoms. The molecule has 0 spiro atoms. The first-order valence-corrected chi connectivity index (χ1v) is 13.4. The first-order chi connectivity index (χ1) is 21.4. The molecule has 4 unspecified atom stereocenters. The fraction of sp³-hybridized carbons (Fsp3) is 0.161. The van der Waals surface area contributed by atoms with Crippen LogP contribution in [0.3, 0.4) is 0 Å². The molecule has 5 aromatic rings. The molecule has 3 aromatic carbocycles. The number of imidazole rings is 1. The lowest BCUT2D eigenvalue weighted by Crippen LogP contribution is -2.41. The van der Waals surface area contributed by atoms with E-state index in [0.29, 0.717) is 0 Å². The third-order valence-electron chi connectivity index (χ3n) is 6.87. The van der Waals surface area contributed by atoms with E-state index < -0.39 is 55.1 Å². The average molecular weight is 598 g/mol. The standard InChI is InChI=1S/C31H24FN5O7/c32-31-35-25(33)22-26(36-31)37(17-34-22)27-24(44-30(40)20-14-8-3-9-15-20)23(43-29(39)19-12-6-2-7-13-19)21(42-27)16-41-28(38)18-10-4-1-5-11-18/h1-15,17,21,23-24,27H,16H2,(H2,33,35,36). The molecule has 0 bridgehead atoms. The maximum absolute atomic E-state index is 14.3. The fourth-order valence-corrected chi connectivity index (χ4v) is 4.78. The number of nitrogens with zero attached hydrogens (tertiary/aromatic N) is 4. The molecule has 6 rings (SSSR count). The Bertz CT molecular complexity index is 1800. The van der Waals surface area contributed by atoms with Crippen LogP contribution in [0, 0.1) is 6.08 Å². The number of esters is 3. The van der Waals surface area contributed by atoms with E-state index in [9.17, 15) is 18.8 Å². The van der Waals surface area contributed by atoms with Gasteiger partial charge in [-0.05, 0) is 36.4 Å². The minimum Gasteiger partial charge on any atom is -0.459 e. The minimum absolute atomic E-state index is 0.0594. The second kappa shape index (κ2) is 12.3. The van der Waals surface area contributed by atoms with Crippen molar-refractivity contribution in [3.05, 3.63) is 120 Å². The fourth-order valence-electron chi connectivity index (χ4n) is 4.78. The van der Waals surface area contributed by atoms with Gasteiger partial charge < -0.3 is 24.7 Å². The maximum Gasteiger partial charge on any atom is 0.338 e. The Hall–Kier alpha value is -5.69. The van der Waals surface area contributed by atoms with Gasteiger partial charge in [-0.25, -0.2) is 19.4 Å². The first kappa shape index (κ1) is 28.4. The summed E-state index contributed by atoms with van der Waals surface area (Å²) < 4.78 is 39.1. The molecule has 12 nitrogen and oxygen atoms in total. The minimum atomic E-state index is -1.34. The molecule has 1 aliphatic heterocycles. The van der Waals surface area contributed by atoms with E-state index in [1.807, 2.05) is 0 Å². The van der Waals surface area contributed by atoms with Gasteiger partial charge in [0.25, 0.3) is 0 Å². The highest BCUT2D eigenvalue weighted by Gasteiger charge is 2.52. The smallest absolute Gasteiger partial charge is 0.338 e. The normalized spacial score (nSPS) is 19.4. The molecule has 1 fully saturated rings. The molecule has 2 aromatic heterocycles. The number of aromatic nitrogens is 4. The van der Waals surface area contributed by atoms with Gasteiger partial charge in [-0.3, -0.25) is 4.57 Å². The Morgan fingerprint density at radius 3 is 1.86 bits per heavy atom. The number of carbonyl (C=O) groups is 3. The summed E-state index contributed by atoms with van der Waals surface area (Å²) in [4.78, 5) is 50.9. The van der Waals surface area contributed by atoms with Crippen molar-refractivity contribution < 1.29 is 37.7 Å². The molecule has 2 N–H and O–H groups in total. The Balaban J connectivity index is 1.39. The van der Waals surface area contributed by atoms with Crippen molar-refractivity contribution in [1.82, 2.24) is 19.5 Å². The lowest BCUT2D eigenvalue weighted by atomic mass is 10.1. The van der Waals surface area contributed by atoms with Gasteiger partial charge in [0.05, 0.1) is 23.0 Å². The number of benzene rings is 3. The largest absolute Gasteiger partial charge is 0.459 e. The van der Waals surface area contributed by atoms with E-state index in [1.54, 1.807) is 91.0 Å². The van der Waals surface area contributed by atoms with E-state index >= 15 is 0 Å². The molecule has 222 valence electrons. The van der Waals surface area contributed by atoms with Gasteiger partial charge in [-0.15, -0.1) is 0 Å². The highest BCUT2D eigenvalue weighted by molar-refractivity contribution is 5.91. The van der Waals surface area contributed by atoms with E-state index in [1.165, 1.54) is 10.9 Å². The van der Waals surface area contributed by atoms with Gasteiger partial charge in [-0.2, -0.15) is 14.4 Å². The Morgan fingerprint density at radius 1 is 0.773 bits per heavy atom. The monoisotopic (exact) mass is 597 g/mol. The van der Waals surface area contributed by atoms with Crippen LogP contribution in [0.15, 0.2) is 97.3 Å². The number of rotatable bonds is 8. The average Bonchev–Trinajstić information content (AvgIpc) is 3.62. The van der Waals surface area contributed by atoms with Crippen molar-refractivity contribution in [1.29, 1.82) is 0 Å². The summed E-state index contributed by atoms with van der Waals surface area (Å²) in [5, 5.41) is 0. The highest BCUT2D eigenvalue weighted by Crippen LogP contribution is 2.37. The summed E-state index contributed by atoms with van der Waals surface area (Å²) in [5.41, 5.74) is 6.60. The number of nitrogen functional groups attached to an aromatic ring is 1. The van der Waals surface area contributed by atoms with Crippen molar-refractivity contribution in [3.63, 3.8) is 0 Å². The molecular weight excluding hydrogens is 573 g/mol. The van der Waals surface area contributed by atoms with Crippen molar-refractivity contribution >= 4 is 34.9 Å². The maximum atomic E-state index is 14.3. The number of nitrogens with two attached hydrogens (primary N) is 1. The van der Waals surface area contributed by atoms with Crippen LogP contribution in [0.25, 0.3) is 11.2 Å². The quantitative estimate of drug-likeness (QED) is 0.158. The highest BCUT2D eigenvalue weighted by atomic mass is 19.1. The van der Waals surface area contributed by atoms with Crippen molar-refractivity contribution in [3.8, 4) is 0 Å². The third kappa shape index (κ3) is 5.80. The summed E-state index contributed by atoms with van der Waals surface area (Å²) in [5.74, 6) is -2.37. The zero-order valence-electron chi connectivity index (χ0n) is 22.9. The van der Waals surface area contributed by atoms with E-state index in [-0.39, 0.29) is 33.7 Å². The molecule has 0 aliphatic carbocycles.